The molecular formula is C46H38Cl4F2N4O8. The number of nitrogens with zero attached hydrogens (tertiary/aromatic N) is 2. The molecule has 18 heteroatoms. The van der Waals surface area contributed by atoms with E-state index in [9.17, 15) is 28.0 Å². The number of benzene rings is 4. The minimum Gasteiger partial charge on any atom is -0.478 e. The van der Waals surface area contributed by atoms with Crippen LogP contribution in [-0.2, 0) is 4.74 Å². The summed E-state index contributed by atoms with van der Waals surface area (Å²) < 4.78 is 43.2. The number of carbonyl (C=O) groups is 4. The summed E-state index contributed by atoms with van der Waals surface area (Å²) in [4.78, 5) is 57.1. The molecule has 6 rings (SSSR count). The monoisotopic (exact) mass is 952 g/mol. The number of aromatic carboxylic acids is 1. The number of hydrogen-bond acceptors (Lipinski definition) is 9. The zero-order valence-corrected chi connectivity index (χ0v) is 37.5. The molecule has 332 valence electrons. The molecule has 3 N–H and O–H groups in total. The molecule has 2 atom stereocenters. The van der Waals surface area contributed by atoms with Gasteiger partial charge < -0.3 is 30.0 Å². The van der Waals surface area contributed by atoms with E-state index in [-0.39, 0.29) is 60.0 Å². The topological polar surface area (TPSA) is 166 Å². The van der Waals surface area contributed by atoms with E-state index in [1.807, 2.05) is 0 Å². The predicted octanol–water partition coefficient (Wildman–Crippen LogP) is 12.3. The van der Waals surface area contributed by atoms with Crippen LogP contribution in [0.3, 0.4) is 0 Å². The van der Waals surface area contributed by atoms with E-state index in [0.29, 0.717) is 11.1 Å². The molecule has 0 aliphatic heterocycles. The number of rotatable bonds is 12. The molecule has 0 aliphatic rings. The third kappa shape index (κ3) is 13.6. The summed E-state index contributed by atoms with van der Waals surface area (Å²) >= 11 is 24.0. The number of esters is 1. The lowest BCUT2D eigenvalue weighted by Gasteiger charge is -2.20. The van der Waals surface area contributed by atoms with E-state index in [1.54, 1.807) is 71.0 Å². The highest BCUT2D eigenvalue weighted by Gasteiger charge is 2.23. The Kier molecular flexibility index (Phi) is 16.3. The Morgan fingerprint density at radius 2 is 1.00 bits per heavy atom. The number of halogens is 6. The van der Waals surface area contributed by atoms with Crippen LogP contribution >= 0.6 is 46.4 Å². The van der Waals surface area contributed by atoms with E-state index in [0.717, 1.165) is 17.7 Å². The van der Waals surface area contributed by atoms with Crippen molar-refractivity contribution >= 4 is 70.2 Å². The molecule has 64 heavy (non-hydrogen) atoms. The fourth-order valence-electron chi connectivity index (χ4n) is 5.54. The van der Waals surface area contributed by atoms with Crippen LogP contribution in [0.2, 0.25) is 20.1 Å². The van der Waals surface area contributed by atoms with Crippen molar-refractivity contribution in [2.24, 2.45) is 0 Å². The Morgan fingerprint density at radius 1 is 0.609 bits per heavy atom. The Morgan fingerprint density at radius 3 is 1.36 bits per heavy atom. The van der Waals surface area contributed by atoms with Crippen molar-refractivity contribution in [1.29, 1.82) is 0 Å². The number of amides is 2. The van der Waals surface area contributed by atoms with Crippen LogP contribution in [0.15, 0.2) is 109 Å². The SMILES string of the molecule is C[C@H](NC(=O)c1cc(Cl)cnc1Oc1ccc(F)cc1Cl)c1ccc(C(=O)O)cc1.C[C@H](NC(=O)c1cc(Cl)cnc1Oc1ccc(F)cc1Cl)c1ccc(C(=O)OC(C)(C)C)cc1. The Balaban J connectivity index is 0.000000243. The largest absolute Gasteiger partial charge is 0.478 e. The normalized spacial score (nSPS) is 11.9. The standard InChI is InChI=1S/C25H23Cl2FN2O4.C21H15Cl2FN2O4/c1-14(15-5-7-16(8-6-15)24(32)34-25(2,3)4)30-22(31)19-11-17(26)13-29-23(19)33-21-10-9-18(28)12-20(21)27;1-11(12-2-4-13(5-3-12)21(28)29)26-19(27)16-8-14(22)10-25-20(16)30-18-7-6-15(24)9-17(18)23/h5-14H,1-4H3,(H,30,31);2-11H,1H3,(H,26,27)(H,28,29)/t14-;11-/m00/s1. The Hall–Kier alpha value is -6.32. The molecular weight excluding hydrogens is 916 g/mol. The van der Waals surface area contributed by atoms with Crippen LogP contribution in [0, 0.1) is 11.6 Å². The minimum absolute atomic E-state index is 0.0185. The number of nitrogens with one attached hydrogen (secondary N) is 2. The zero-order valence-electron chi connectivity index (χ0n) is 34.5. The van der Waals surface area contributed by atoms with Gasteiger partial charge >= 0.3 is 11.9 Å². The number of carboxylic acid groups (broad SMARTS) is 1. The van der Waals surface area contributed by atoms with Crippen molar-refractivity contribution in [3.8, 4) is 23.3 Å². The maximum atomic E-state index is 13.3. The highest BCUT2D eigenvalue weighted by atomic mass is 35.5. The van der Waals surface area contributed by atoms with Gasteiger partial charge in [-0.3, -0.25) is 9.59 Å². The van der Waals surface area contributed by atoms with E-state index >= 15 is 0 Å². The van der Waals surface area contributed by atoms with Crippen molar-refractivity contribution in [2.75, 3.05) is 0 Å². The van der Waals surface area contributed by atoms with E-state index in [4.69, 9.17) is 65.7 Å². The molecule has 0 unspecified atom stereocenters. The average Bonchev–Trinajstić information content (AvgIpc) is 3.23. The maximum Gasteiger partial charge on any atom is 0.338 e. The van der Waals surface area contributed by atoms with Crippen molar-refractivity contribution in [3.05, 3.63) is 175 Å². The number of carboxylic acids is 1. The first-order chi connectivity index (χ1) is 30.2. The minimum atomic E-state index is -1.04. The van der Waals surface area contributed by atoms with Crippen molar-refractivity contribution in [1.82, 2.24) is 20.6 Å². The summed E-state index contributed by atoms with van der Waals surface area (Å²) in [5.41, 5.74) is 1.54. The van der Waals surface area contributed by atoms with Gasteiger partial charge in [0.05, 0.1) is 43.3 Å². The second-order valence-electron chi connectivity index (χ2n) is 14.8. The highest BCUT2D eigenvalue weighted by molar-refractivity contribution is 6.32. The molecule has 2 amide bonds. The summed E-state index contributed by atoms with van der Waals surface area (Å²) in [7, 11) is 0. The summed E-state index contributed by atoms with van der Waals surface area (Å²) in [6.07, 6.45) is 2.63. The lowest BCUT2D eigenvalue weighted by Crippen LogP contribution is -2.27. The number of hydrogen-bond donors (Lipinski definition) is 3. The van der Waals surface area contributed by atoms with E-state index in [1.165, 1.54) is 60.9 Å². The predicted molar refractivity (Wildman–Crippen MR) is 238 cm³/mol. The van der Waals surface area contributed by atoms with Crippen LogP contribution in [0.4, 0.5) is 8.78 Å². The van der Waals surface area contributed by atoms with Gasteiger partial charge in [0.25, 0.3) is 11.8 Å². The molecule has 0 bridgehead atoms. The van der Waals surface area contributed by atoms with Gasteiger partial charge in [-0.1, -0.05) is 70.7 Å². The van der Waals surface area contributed by atoms with Crippen molar-refractivity contribution in [3.63, 3.8) is 0 Å². The molecule has 0 radical (unpaired) electrons. The molecule has 2 aromatic heterocycles. The first-order valence-corrected chi connectivity index (χ1v) is 20.5. The van der Waals surface area contributed by atoms with Gasteiger partial charge in [0.15, 0.2) is 0 Å². The van der Waals surface area contributed by atoms with Crippen LogP contribution < -0.4 is 20.1 Å². The summed E-state index contributed by atoms with van der Waals surface area (Å²) in [5, 5.41) is 15.1. The van der Waals surface area contributed by atoms with Gasteiger partial charge in [0.1, 0.15) is 39.9 Å². The highest BCUT2D eigenvalue weighted by Crippen LogP contribution is 2.33. The quantitative estimate of drug-likeness (QED) is 0.101. The molecule has 6 aromatic rings. The van der Waals surface area contributed by atoms with Crippen LogP contribution in [0.25, 0.3) is 0 Å². The number of carbonyl (C=O) groups excluding carboxylic acids is 3. The second kappa shape index (κ2) is 21.4. The van der Waals surface area contributed by atoms with Gasteiger partial charge in [0.2, 0.25) is 11.8 Å². The molecule has 2 heterocycles. The third-order valence-electron chi connectivity index (χ3n) is 8.72. The second-order valence-corrected chi connectivity index (χ2v) is 16.5. The van der Waals surface area contributed by atoms with Gasteiger partial charge in [0, 0.05) is 12.4 Å². The first kappa shape index (κ1) is 48.7. The van der Waals surface area contributed by atoms with Gasteiger partial charge in [-0.25, -0.2) is 28.3 Å². The smallest absolute Gasteiger partial charge is 0.338 e. The summed E-state index contributed by atoms with van der Waals surface area (Å²) in [5.74, 6) is -3.37. The summed E-state index contributed by atoms with van der Waals surface area (Å²) in [6.45, 7) is 8.91. The molecule has 0 saturated heterocycles. The fourth-order valence-corrected chi connectivity index (χ4v) is 6.27. The zero-order chi connectivity index (χ0) is 46.9. The van der Waals surface area contributed by atoms with E-state index < -0.39 is 53.1 Å². The Labute approximate surface area is 386 Å². The molecule has 0 spiro atoms. The Bertz CT molecular complexity index is 2680. The number of aromatic nitrogens is 2. The summed E-state index contributed by atoms with van der Waals surface area (Å²) in [6, 6.07) is 22.0. The fraction of sp³-hybridized carbons (Fsp3) is 0.174. The number of ether oxygens (including phenoxy) is 3. The lowest BCUT2D eigenvalue weighted by molar-refractivity contribution is 0.00689. The molecule has 0 aliphatic carbocycles. The van der Waals surface area contributed by atoms with E-state index in [2.05, 4.69) is 20.6 Å². The molecule has 0 saturated carbocycles. The van der Waals surface area contributed by atoms with Crippen LogP contribution in [0.5, 0.6) is 23.3 Å². The maximum absolute atomic E-state index is 13.3. The molecule has 12 nitrogen and oxygen atoms in total. The van der Waals surface area contributed by atoms with Crippen LogP contribution in [-0.4, -0.2) is 44.4 Å². The van der Waals surface area contributed by atoms with Crippen molar-refractivity contribution in [2.45, 2.75) is 52.3 Å². The van der Waals surface area contributed by atoms with Gasteiger partial charge in [-0.2, -0.15) is 0 Å². The first-order valence-electron chi connectivity index (χ1n) is 19.0. The number of pyridine rings is 2. The van der Waals surface area contributed by atoms with Gasteiger partial charge in [-0.15, -0.1) is 0 Å². The lowest BCUT2D eigenvalue weighted by atomic mass is 10.1. The van der Waals surface area contributed by atoms with Gasteiger partial charge in [-0.05, 0) is 119 Å². The van der Waals surface area contributed by atoms with Crippen molar-refractivity contribution < 1.29 is 47.3 Å². The molecule has 0 fully saturated rings. The van der Waals surface area contributed by atoms with Crippen LogP contribution in [0.1, 0.15) is 99.3 Å². The third-order valence-corrected chi connectivity index (χ3v) is 9.73. The average molecular weight is 955 g/mol. The molecule has 4 aromatic carbocycles.